The molecule has 0 unspecified atom stereocenters. The normalized spacial score (nSPS) is 17.5. The van der Waals surface area contributed by atoms with Crippen molar-refractivity contribution in [1.82, 2.24) is 19.6 Å². The van der Waals surface area contributed by atoms with Crippen molar-refractivity contribution < 1.29 is 18.3 Å². The first-order valence-corrected chi connectivity index (χ1v) is 8.86. The lowest BCUT2D eigenvalue weighted by molar-refractivity contribution is 0.249. The van der Waals surface area contributed by atoms with Crippen molar-refractivity contribution in [2.45, 2.75) is 12.5 Å². The Kier molecular flexibility index (Phi) is 3.14. The van der Waals surface area contributed by atoms with Gasteiger partial charge in [0.2, 0.25) is 0 Å². The summed E-state index contributed by atoms with van der Waals surface area (Å²) in [6.45, 7) is 1.12. The van der Waals surface area contributed by atoms with E-state index in [1.165, 1.54) is 12.5 Å². The molecule has 0 saturated carbocycles. The molecule has 0 bridgehead atoms. The maximum absolute atomic E-state index is 14.6. The number of nitrogens with one attached hydrogen (secondary N) is 1. The van der Waals surface area contributed by atoms with Crippen LogP contribution in [0.2, 0.25) is 0 Å². The number of benzene rings is 1. The van der Waals surface area contributed by atoms with Gasteiger partial charge in [-0.1, -0.05) is 0 Å². The lowest BCUT2D eigenvalue weighted by Crippen LogP contribution is -2.13. The molecule has 2 aliphatic heterocycles. The van der Waals surface area contributed by atoms with Crippen LogP contribution < -0.4 is 14.8 Å². The summed E-state index contributed by atoms with van der Waals surface area (Å²) in [7, 11) is 0. The van der Waals surface area contributed by atoms with Crippen molar-refractivity contribution in [3.63, 3.8) is 0 Å². The molecule has 1 N–H and O–H groups in total. The summed E-state index contributed by atoms with van der Waals surface area (Å²) in [6, 6.07) is 4.97. The zero-order valence-corrected chi connectivity index (χ0v) is 14.6. The molecule has 3 aromatic heterocycles. The van der Waals surface area contributed by atoms with E-state index in [4.69, 9.17) is 13.9 Å². The smallest absolute Gasteiger partial charge is 0.181 e. The number of nitrogens with zero attached hydrogens (tertiary/aromatic N) is 4. The van der Waals surface area contributed by atoms with Crippen LogP contribution in [0.4, 0.5) is 10.2 Å². The van der Waals surface area contributed by atoms with Gasteiger partial charge in [-0.25, -0.2) is 9.37 Å². The van der Waals surface area contributed by atoms with E-state index >= 15 is 0 Å². The van der Waals surface area contributed by atoms with Crippen molar-refractivity contribution in [1.29, 1.82) is 0 Å². The Morgan fingerprint density at radius 2 is 2.07 bits per heavy atom. The van der Waals surface area contributed by atoms with Gasteiger partial charge in [0.05, 0.1) is 30.9 Å². The van der Waals surface area contributed by atoms with E-state index in [9.17, 15) is 4.39 Å². The Hall–Kier alpha value is -3.62. The molecule has 6 rings (SSSR count). The molecule has 0 aliphatic carbocycles. The zero-order valence-electron chi connectivity index (χ0n) is 14.6. The summed E-state index contributed by atoms with van der Waals surface area (Å²) in [5.74, 6) is 2.23. The molecule has 0 spiro atoms. The van der Waals surface area contributed by atoms with Crippen molar-refractivity contribution in [2.75, 3.05) is 18.5 Å². The standard InChI is InChI=1S/C19H14FN5O3/c20-13-1-2-14-17-10(6-26-14)7-27-15-3-11(16-5-21-9-28-16)18-24-23-8-25(18)19(15)22-4-12(13)17/h1-3,5,8-10,22H,4,6-7H2/t10-/m0/s1. The molecule has 5 heterocycles. The van der Waals surface area contributed by atoms with Gasteiger partial charge >= 0.3 is 0 Å². The summed E-state index contributed by atoms with van der Waals surface area (Å²) in [4.78, 5) is 3.98. The Bertz CT molecular complexity index is 1200. The minimum absolute atomic E-state index is 0.0428. The molecule has 4 aromatic rings. The van der Waals surface area contributed by atoms with Gasteiger partial charge < -0.3 is 19.2 Å². The third kappa shape index (κ3) is 2.13. The predicted molar refractivity (Wildman–Crippen MR) is 95.9 cm³/mol. The molecule has 0 radical (unpaired) electrons. The molecule has 140 valence electrons. The highest BCUT2D eigenvalue weighted by molar-refractivity contribution is 5.79. The van der Waals surface area contributed by atoms with E-state index in [1.807, 2.05) is 6.07 Å². The fourth-order valence-electron chi connectivity index (χ4n) is 3.91. The summed E-state index contributed by atoms with van der Waals surface area (Å²) in [5.41, 5.74) is 2.77. The number of ether oxygens (including phenoxy) is 2. The van der Waals surface area contributed by atoms with Gasteiger partial charge in [-0.05, 0) is 18.2 Å². The van der Waals surface area contributed by atoms with Crippen LogP contribution in [0, 0.1) is 5.82 Å². The maximum Gasteiger partial charge on any atom is 0.181 e. The second-order valence-corrected chi connectivity index (χ2v) is 6.77. The molecule has 9 heteroatoms. The Labute approximate surface area is 157 Å². The Morgan fingerprint density at radius 1 is 1.18 bits per heavy atom. The molecular formula is C19H14FN5O3. The van der Waals surface area contributed by atoms with Gasteiger partial charge in [-0.15, -0.1) is 10.2 Å². The summed E-state index contributed by atoms with van der Waals surface area (Å²) in [5, 5.41) is 11.5. The number of fused-ring (bicyclic) bond motifs is 3. The van der Waals surface area contributed by atoms with Crippen LogP contribution in [0.25, 0.3) is 17.0 Å². The zero-order chi connectivity index (χ0) is 18.7. The van der Waals surface area contributed by atoms with Gasteiger partial charge in [0.1, 0.15) is 17.9 Å². The monoisotopic (exact) mass is 379 g/mol. The highest BCUT2D eigenvalue weighted by atomic mass is 19.1. The Balaban J connectivity index is 1.53. The third-order valence-corrected chi connectivity index (χ3v) is 5.22. The van der Waals surface area contributed by atoms with Crippen LogP contribution in [-0.4, -0.2) is 32.8 Å². The molecule has 0 saturated heterocycles. The summed E-state index contributed by atoms with van der Waals surface area (Å²) < 4.78 is 33.7. The van der Waals surface area contributed by atoms with Gasteiger partial charge in [-0.2, -0.15) is 0 Å². The molecule has 1 aromatic carbocycles. The number of pyridine rings is 1. The predicted octanol–water partition coefficient (Wildman–Crippen LogP) is 3.00. The first kappa shape index (κ1) is 15.4. The lowest BCUT2D eigenvalue weighted by Gasteiger charge is -2.15. The topological polar surface area (TPSA) is 86.7 Å². The minimum Gasteiger partial charge on any atom is -0.493 e. The molecule has 2 aliphatic rings. The maximum atomic E-state index is 14.6. The number of hydrogen-bond donors (Lipinski definition) is 1. The number of hydrogen-bond acceptors (Lipinski definition) is 7. The second kappa shape index (κ2) is 5.69. The first-order chi connectivity index (χ1) is 13.8. The Morgan fingerprint density at radius 3 is 2.93 bits per heavy atom. The van der Waals surface area contributed by atoms with Gasteiger partial charge in [0, 0.05) is 17.7 Å². The molecule has 8 nitrogen and oxygen atoms in total. The van der Waals surface area contributed by atoms with Crippen molar-refractivity contribution in [2.24, 2.45) is 0 Å². The molecule has 1 atom stereocenters. The average Bonchev–Trinajstić information content (AvgIpc) is 3.45. The van der Waals surface area contributed by atoms with E-state index in [0.717, 1.165) is 11.3 Å². The average molecular weight is 379 g/mol. The van der Waals surface area contributed by atoms with E-state index in [2.05, 4.69) is 20.5 Å². The van der Waals surface area contributed by atoms with E-state index in [-0.39, 0.29) is 11.7 Å². The molecule has 0 amide bonds. The number of halogens is 1. The van der Waals surface area contributed by atoms with Crippen LogP contribution in [0.3, 0.4) is 0 Å². The van der Waals surface area contributed by atoms with Gasteiger partial charge in [0.25, 0.3) is 0 Å². The van der Waals surface area contributed by atoms with Crippen molar-refractivity contribution in [3.05, 3.63) is 54.1 Å². The first-order valence-electron chi connectivity index (χ1n) is 8.86. The van der Waals surface area contributed by atoms with Crippen LogP contribution in [0.5, 0.6) is 11.5 Å². The lowest BCUT2D eigenvalue weighted by atomic mass is 9.96. The highest BCUT2D eigenvalue weighted by Crippen LogP contribution is 2.41. The fourth-order valence-corrected chi connectivity index (χ4v) is 3.91. The summed E-state index contributed by atoms with van der Waals surface area (Å²) in [6.07, 6.45) is 4.56. The minimum atomic E-state index is -0.261. The number of anilines is 1. The van der Waals surface area contributed by atoms with Crippen LogP contribution >= 0.6 is 0 Å². The van der Waals surface area contributed by atoms with Crippen LogP contribution in [-0.2, 0) is 6.54 Å². The van der Waals surface area contributed by atoms with Gasteiger partial charge in [0.15, 0.2) is 29.4 Å². The fraction of sp³-hybridized carbons (Fsp3) is 0.211. The van der Waals surface area contributed by atoms with Crippen LogP contribution in [0.15, 0.2) is 41.5 Å². The number of rotatable bonds is 1. The molecular weight excluding hydrogens is 365 g/mol. The van der Waals surface area contributed by atoms with Crippen LogP contribution in [0.1, 0.15) is 17.0 Å². The second-order valence-electron chi connectivity index (χ2n) is 6.77. The summed E-state index contributed by atoms with van der Waals surface area (Å²) >= 11 is 0. The van der Waals surface area contributed by atoms with Gasteiger partial charge in [-0.3, -0.25) is 4.40 Å². The third-order valence-electron chi connectivity index (χ3n) is 5.22. The number of aromatic nitrogens is 4. The highest BCUT2D eigenvalue weighted by Gasteiger charge is 2.31. The SMILES string of the molecule is Fc1ccc2c3c1CNc1c(cc(-c4cnco4)c4nncn14)OC[C@@H]3CO2. The number of oxazole rings is 1. The van der Waals surface area contributed by atoms with Crippen molar-refractivity contribution >= 4 is 11.5 Å². The molecule has 28 heavy (non-hydrogen) atoms. The largest absolute Gasteiger partial charge is 0.493 e. The van der Waals surface area contributed by atoms with E-state index in [1.54, 1.807) is 23.0 Å². The quantitative estimate of drug-likeness (QED) is 0.544. The van der Waals surface area contributed by atoms with E-state index < -0.39 is 0 Å². The molecule has 0 fully saturated rings. The van der Waals surface area contributed by atoms with Crippen molar-refractivity contribution in [3.8, 4) is 22.8 Å². The van der Waals surface area contributed by atoms with E-state index in [0.29, 0.717) is 53.9 Å².